The second kappa shape index (κ2) is 8.86. The first kappa shape index (κ1) is 21.2. The molecule has 1 amide bonds. The van der Waals surface area contributed by atoms with E-state index in [1.807, 2.05) is 0 Å². The van der Waals surface area contributed by atoms with E-state index in [4.69, 9.17) is 9.47 Å². The smallest absolute Gasteiger partial charge is 0.433 e. The van der Waals surface area contributed by atoms with Crippen molar-refractivity contribution in [2.45, 2.75) is 6.18 Å². The molecule has 12 heteroatoms. The van der Waals surface area contributed by atoms with Gasteiger partial charge in [0.25, 0.3) is 5.91 Å². The molecule has 3 aromatic rings. The van der Waals surface area contributed by atoms with Crippen molar-refractivity contribution in [2.75, 3.05) is 25.6 Å². The number of imidazole rings is 1. The number of amides is 1. The number of alkyl halides is 3. The number of nitrogens with one attached hydrogen (secondary N) is 1. The molecule has 0 spiro atoms. The van der Waals surface area contributed by atoms with Crippen molar-refractivity contribution in [3.63, 3.8) is 0 Å². The van der Waals surface area contributed by atoms with Gasteiger partial charge >= 0.3 is 6.18 Å². The lowest BCUT2D eigenvalue weighted by molar-refractivity contribution is -0.141. The number of aryl methyl sites for hydroxylation is 1. The minimum absolute atomic E-state index is 0.0596. The van der Waals surface area contributed by atoms with Crippen LogP contribution >= 0.6 is 0 Å². The van der Waals surface area contributed by atoms with E-state index < -0.39 is 17.8 Å². The minimum Gasteiger partial charge on any atom is -0.475 e. The van der Waals surface area contributed by atoms with Crippen LogP contribution in [0.1, 0.15) is 16.3 Å². The number of carbonyl (C=O) groups is 1. The summed E-state index contributed by atoms with van der Waals surface area (Å²) in [4.78, 5) is 28.2. The standard InChI is InChI=1S/C18H17F3N6O3/c1-27-10-22-9-13(27)12-7-15(30-6-5-29-2)26-16(25-12)17(28)24-11-3-4-14(23-8-11)18(19,20)21/h3-4,7-10H,5-6H2,1-2H3,(H,24,28). The van der Waals surface area contributed by atoms with E-state index in [0.717, 1.165) is 18.3 Å². The highest BCUT2D eigenvalue weighted by molar-refractivity contribution is 6.01. The van der Waals surface area contributed by atoms with Gasteiger partial charge in [-0.3, -0.25) is 4.79 Å². The number of aromatic nitrogens is 5. The van der Waals surface area contributed by atoms with Gasteiger partial charge in [-0.2, -0.15) is 18.2 Å². The summed E-state index contributed by atoms with van der Waals surface area (Å²) in [5.41, 5.74) is -0.0134. The maximum atomic E-state index is 12.6. The van der Waals surface area contributed by atoms with Gasteiger partial charge in [-0.05, 0) is 12.1 Å². The topological polar surface area (TPSA) is 104 Å². The van der Waals surface area contributed by atoms with Gasteiger partial charge in [0.1, 0.15) is 12.3 Å². The molecule has 3 rings (SSSR count). The lowest BCUT2D eigenvalue weighted by atomic mass is 10.3. The normalized spacial score (nSPS) is 11.4. The van der Waals surface area contributed by atoms with Crippen molar-refractivity contribution in [3.8, 4) is 17.3 Å². The van der Waals surface area contributed by atoms with Crippen LogP contribution in [0, 0.1) is 0 Å². The van der Waals surface area contributed by atoms with Crippen molar-refractivity contribution in [3.05, 3.63) is 48.4 Å². The van der Waals surface area contributed by atoms with Crippen molar-refractivity contribution in [1.29, 1.82) is 0 Å². The summed E-state index contributed by atoms with van der Waals surface area (Å²) in [6.45, 7) is 0.506. The van der Waals surface area contributed by atoms with Crippen molar-refractivity contribution in [1.82, 2.24) is 24.5 Å². The number of nitrogens with zero attached hydrogens (tertiary/aromatic N) is 5. The van der Waals surface area contributed by atoms with Crippen LogP contribution in [0.15, 0.2) is 36.9 Å². The molecular weight excluding hydrogens is 405 g/mol. The average molecular weight is 422 g/mol. The fraction of sp³-hybridized carbons (Fsp3) is 0.278. The van der Waals surface area contributed by atoms with Gasteiger partial charge < -0.3 is 19.4 Å². The zero-order chi connectivity index (χ0) is 21.7. The first-order valence-corrected chi connectivity index (χ1v) is 8.60. The minimum atomic E-state index is -4.57. The molecule has 0 saturated heterocycles. The Morgan fingerprint density at radius 3 is 2.60 bits per heavy atom. The summed E-state index contributed by atoms with van der Waals surface area (Å²) in [7, 11) is 3.27. The molecule has 0 aliphatic carbocycles. The number of anilines is 1. The number of halogens is 3. The Kier molecular flexibility index (Phi) is 6.26. The number of methoxy groups -OCH3 is 1. The number of carbonyl (C=O) groups excluding carboxylic acids is 1. The average Bonchev–Trinajstić information content (AvgIpc) is 3.13. The largest absolute Gasteiger partial charge is 0.475 e. The summed E-state index contributed by atoms with van der Waals surface area (Å²) in [6.07, 6.45) is -0.543. The SMILES string of the molecule is COCCOc1cc(-c2cncn2C)nc(C(=O)Nc2ccc(C(F)(F)F)nc2)n1. The Morgan fingerprint density at radius 1 is 1.20 bits per heavy atom. The van der Waals surface area contributed by atoms with E-state index >= 15 is 0 Å². The van der Waals surface area contributed by atoms with E-state index in [0.29, 0.717) is 18.0 Å². The summed E-state index contributed by atoms with van der Waals surface area (Å²) < 4.78 is 50.0. The Balaban J connectivity index is 1.86. The highest BCUT2D eigenvalue weighted by atomic mass is 19.4. The molecule has 0 fully saturated rings. The van der Waals surface area contributed by atoms with E-state index in [-0.39, 0.29) is 24.0 Å². The number of pyridine rings is 1. The van der Waals surface area contributed by atoms with Crippen LogP contribution in [0.5, 0.6) is 5.88 Å². The predicted molar refractivity (Wildman–Crippen MR) is 98.8 cm³/mol. The van der Waals surface area contributed by atoms with Gasteiger partial charge in [0.2, 0.25) is 11.7 Å². The van der Waals surface area contributed by atoms with Crippen LogP contribution in [0.25, 0.3) is 11.4 Å². The van der Waals surface area contributed by atoms with E-state index in [1.165, 1.54) is 7.11 Å². The lowest BCUT2D eigenvalue weighted by Gasteiger charge is -2.10. The Bertz CT molecular complexity index is 1020. The zero-order valence-electron chi connectivity index (χ0n) is 16.0. The van der Waals surface area contributed by atoms with Crippen LogP contribution in [0.2, 0.25) is 0 Å². The van der Waals surface area contributed by atoms with E-state index in [2.05, 4.69) is 25.3 Å². The van der Waals surface area contributed by atoms with Crippen molar-refractivity contribution < 1.29 is 27.4 Å². The van der Waals surface area contributed by atoms with Gasteiger partial charge in [-0.1, -0.05) is 0 Å². The van der Waals surface area contributed by atoms with Gasteiger partial charge in [-0.15, -0.1) is 0 Å². The van der Waals surface area contributed by atoms with E-state index in [1.54, 1.807) is 30.2 Å². The lowest BCUT2D eigenvalue weighted by Crippen LogP contribution is -2.18. The fourth-order valence-corrected chi connectivity index (χ4v) is 2.39. The molecule has 9 nitrogen and oxygen atoms in total. The molecule has 0 aliphatic heterocycles. The third-order valence-corrected chi connectivity index (χ3v) is 3.83. The van der Waals surface area contributed by atoms with Crippen LogP contribution in [0.3, 0.4) is 0 Å². The van der Waals surface area contributed by atoms with Crippen molar-refractivity contribution >= 4 is 11.6 Å². The first-order chi connectivity index (χ1) is 14.3. The molecule has 0 aromatic carbocycles. The van der Waals surface area contributed by atoms with Crippen LogP contribution in [-0.2, 0) is 18.0 Å². The van der Waals surface area contributed by atoms with E-state index in [9.17, 15) is 18.0 Å². The highest BCUT2D eigenvalue weighted by Crippen LogP contribution is 2.28. The monoisotopic (exact) mass is 422 g/mol. The van der Waals surface area contributed by atoms with Gasteiger partial charge in [-0.25, -0.2) is 15.0 Å². The second-order valence-corrected chi connectivity index (χ2v) is 6.03. The summed E-state index contributed by atoms with van der Waals surface area (Å²) in [6, 6.07) is 3.40. The van der Waals surface area contributed by atoms with Crippen molar-refractivity contribution in [2.24, 2.45) is 7.05 Å². The molecule has 3 heterocycles. The molecular formula is C18H17F3N6O3. The highest BCUT2D eigenvalue weighted by Gasteiger charge is 2.32. The Morgan fingerprint density at radius 2 is 2.00 bits per heavy atom. The van der Waals surface area contributed by atoms with Gasteiger partial charge in [0.15, 0.2) is 0 Å². The first-order valence-electron chi connectivity index (χ1n) is 8.60. The summed E-state index contributed by atoms with van der Waals surface area (Å²) in [5, 5.41) is 2.42. The maximum Gasteiger partial charge on any atom is 0.433 e. The number of rotatable bonds is 7. The van der Waals surface area contributed by atoms with Crippen LogP contribution in [0.4, 0.5) is 18.9 Å². The number of hydrogen-bond donors (Lipinski definition) is 1. The molecule has 30 heavy (non-hydrogen) atoms. The van der Waals surface area contributed by atoms with Crippen LogP contribution in [-0.4, -0.2) is 50.7 Å². The molecule has 0 unspecified atom stereocenters. The molecule has 158 valence electrons. The fourth-order valence-electron chi connectivity index (χ4n) is 2.39. The molecule has 0 bridgehead atoms. The van der Waals surface area contributed by atoms with Crippen LogP contribution < -0.4 is 10.1 Å². The molecule has 1 N–H and O–H groups in total. The predicted octanol–water partition coefficient (Wildman–Crippen LogP) is 2.57. The summed E-state index contributed by atoms with van der Waals surface area (Å²) >= 11 is 0. The molecule has 0 aliphatic rings. The molecule has 0 saturated carbocycles. The Labute approximate surface area is 168 Å². The third-order valence-electron chi connectivity index (χ3n) is 3.83. The third kappa shape index (κ3) is 5.08. The zero-order valence-corrected chi connectivity index (χ0v) is 16.0. The maximum absolute atomic E-state index is 12.6. The Hall–Kier alpha value is -3.54. The van der Waals surface area contributed by atoms with Gasteiger partial charge in [0.05, 0.1) is 42.4 Å². The summed E-state index contributed by atoms with van der Waals surface area (Å²) in [5.74, 6) is -0.841. The number of hydrogen-bond acceptors (Lipinski definition) is 7. The molecule has 3 aromatic heterocycles. The molecule has 0 radical (unpaired) electrons. The molecule has 0 atom stereocenters. The van der Waals surface area contributed by atoms with Gasteiger partial charge in [0, 0.05) is 20.2 Å². The quantitative estimate of drug-likeness (QED) is 0.584. The number of ether oxygens (including phenoxy) is 2. The second-order valence-electron chi connectivity index (χ2n) is 6.03.